The SMILES string of the molecule is COC(=O)Cc1c(N)cc([N+](=O)[O-])cc1C#N. The van der Waals surface area contributed by atoms with E-state index in [9.17, 15) is 14.9 Å². The van der Waals surface area contributed by atoms with Crippen molar-refractivity contribution in [2.24, 2.45) is 0 Å². The van der Waals surface area contributed by atoms with Gasteiger partial charge in [0.05, 0.1) is 30.1 Å². The summed E-state index contributed by atoms with van der Waals surface area (Å²) in [6, 6.07) is 3.96. The third-order valence-corrected chi connectivity index (χ3v) is 2.15. The average molecular weight is 235 g/mol. The van der Waals surface area contributed by atoms with Gasteiger partial charge in [0.15, 0.2) is 0 Å². The number of hydrogen-bond acceptors (Lipinski definition) is 6. The van der Waals surface area contributed by atoms with Crippen molar-refractivity contribution < 1.29 is 14.5 Å². The summed E-state index contributed by atoms with van der Waals surface area (Å²) in [4.78, 5) is 21.0. The van der Waals surface area contributed by atoms with Crippen LogP contribution < -0.4 is 5.73 Å². The number of nitrogen functional groups attached to an aromatic ring is 1. The molecule has 0 aliphatic heterocycles. The van der Waals surface area contributed by atoms with Crippen LogP contribution in [-0.4, -0.2) is 18.0 Å². The lowest BCUT2D eigenvalue weighted by Crippen LogP contribution is -2.09. The minimum atomic E-state index is -0.654. The molecule has 0 heterocycles. The Balaban J connectivity index is 3.27. The highest BCUT2D eigenvalue weighted by atomic mass is 16.6. The molecule has 0 atom stereocenters. The van der Waals surface area contributed by atoms with Crippen molar-refractivity contribution in [1.29, 1.82) is 5.26 Å². The molecule has 0 aliphatic carbocycles. The number of nitrogens with zero attached hydrogens (tertiary/aromatic N) is 2. The van der Waals surface area contributed by atoms with Crippen LogP contribution in [0.4, 0.5) is 11.4 Å². The van der Waals surface area contributed by atoms with E-state index in [2.05, 4.69) is 4.74 Å². The second-order valence-electron chi connectivity index (χ2n) is 3.18. The Hall–Kier alpha value is -2.62. The van der Waals surface area contributed by atoms with Crippen LogP contribution in [0.15, 0.2) is 12.1 Å². The summed E-state index contributed by atoms with van der Waals surface area (Å²) in [7, 11) is 1.20. The van der Waals surface area contributed by atoms with Gasteiger partial charge in [0, 0.05) is 23.4 Å². The molecule has 7 nitrogen and oxygen atoms in total. The van der Waals surface area contributed by atoms with E-state index in [-0.39, 0.29) is 28.9 Å². The number of anilines is 1. The minimum Gasteiger partial charge on any atom is -0.469 e. The van der Waals surface area contributed by atoms with Crippen LogP contribution in [0.1, 0.15) is 11.1 Å². The fourth-order valence-electron chi connectivity index (χ4n) is 1.30. The van der Waals surface area contributed by atoms with Gasteiger partial charge >= 0.3 is 5.97 Å². The zero-order valence-electron chi connectivity index (χ0n) is 8.97. The van der Waals surface area contributed by atoms with E-state index in [1.165, 1.54) is 7.11 Å². The van der Waals surface area contributed by atoms with Crippen molar-refractivity contribution in [2.75, 3.05) is 12.8 Å². The van der Waals surface area contributed by atoms with E-state index < -0.39 is 10.9 Å². The Bertz CT molecular complexity index is 519. The highest BCUT2D eigenvalue weighted by molar-refractivity contribution is 5.77. The van der Waals surface area contributed by atoms with Gasteiger partial charge in [-0.1, -0.05) is 0 Å². The summed E-state index contributed by atoms with van der Waals surface area (Å²) in [6.07, 6.45) is -0.191. The van der Waals surface area contributed by atoms with Crippen molar-refractivity contribution in [3.05, 3.63) is 33.4 Å². The summed E-state index contributed by atoms with van der Waals surface area (Å²) in [5.41, 5.74) is 5.56. The lowest BCUT2D eigenvalue weighted by Gasteiger charge is -2.06. The zero-order chi connectivity index (χ0) is 13.0. The number of methoxy groups -OCH3 is 1. The number of benzene rings is 1. The number of nitro benzene ring substituents is 1. The van der Waals surface area contributed by atoms with Gasteiger partial charge < -0.3 is 10.5 Å². The average Bonchev–Trinajstić information content (AvgIpc) is 2.30. The summed E-state index contributed by atoms with van der Waals surface area (Å²) in [6.45, 7) is 0. The Morgan fingerprint density at radius 2 is 2.29 bits per heavy atom. The second-order valence-corrected chi connectivity index (χ2v) is 3.18. The maximum atomic E-state index is 11.1. The summed E-state index contributed by atoms with van der Waals surface area (Å²) in [5, 5.41) is 19.4. The molecule has 0 saturated heterocycles. The zero-order valence-corrected chi connectivity index (χ0v) is 8.97. The third-order valence-electron chi connectivity index (χ3n) is 2.15. The molecule has 0 fully saturated rings. The van der Waals surface area contributed by atoms with E-state index in [4.69, 9.17) is 11.0 Å². The first kappa shape index (κ1) is 12.4. The fraction of sp³-hybridized carbons (Fsp3) is 0.200. The van der Waals surface area contributed by atoms with E-state index >= 15 is 0 Å². The number of carbonyl (C=O) groups is 1. The molecule has 2 N–H and O–H groups in total. The lowest BCUT2D eigenvalue weighted by atomic mass is 10.0. The predicted octanol–water partition coefficient (Wildman–Crippen LogP) is 0.764. The van der Waals surface area contributed by atoms with Crippen LogP contribution in [-0.2, 0) is 16.0 Å². The van der Waals surface area contributed by atoms with Crippen LogP contribution in [0.25, 0.3) is 0 Å². The molecule has 0 spiro atoms. The van der Waals surface area contributed by atoms with Crippen molar-refractivity contribution in [2.45, 2.75) is 6.42 Å². The van der Waals surface area contributed by atoms with Gasteiger partial charge in [-0.15, -0.1) is 0 Å². The molecule has 0 unspecified atom stereocenters. The molecule has 17 heavy (non-hydrogen) atoms. The number of nitro groups is 1. The molecule has 0 radical (unpaired) electrons. The first-order valence-corrected chi connectivity index (χ1v) is 4.53. The largest absolute Gasteiger partial charge is 0.469 e. The molecule has 1 aromatic carbocycles. The maximum Gasteiger partial charge on any atom is 0.310 e. The molecule has 88 valence electrons. The van der Waals surface area contributed by atoms with Crippen LogP contribution >= 0.6 is 0 Å². The van der Waals surface area contributed by atoms with Gasteiger partial charge in [-0.3, -0.25) is 14.9 Å². The van der Waals surface area contributed by atoms with E-state index in [1.54, 1.807) is 6.07 Å². The van der Waals surface area contributed by atoms with Crippen LogP contribution in [0.5, 0.6) is 0 Å². The summed E-state index contributed by atoms with van der Waals surface area (Å²) in [5.74, 6) is -0.568. The quantitative estimate of drug-likeness (QED) is 0.357. The first-order valence-electron chi connectivity index (χ1n) is 4.53. The van der Waals surface area contributed by atoms with E-state index in [0.717, 1.165) is 12.1 Å². The Morgan fingerprint density at radius 1 is 1.65 bits per heavy atom. The molecule has 7 heteroatoms. The van der Waals surface area contributed by atoms with Crippen molar-refractivity contribution in [1.82, 2.24) is 0 Å². The molecule has 0 bridgehead atoms. The lowest BCUT2D eigenvalue weighted by molar-refractivity contribution is -0.384. The van der Waals surface area contributed by atoms with Crippen LogP contribution in [0, 0.1) is 21.4 Å². The standard InChI is InChI=1S/C10H9N3O4/c1-17-10(14)4-8-6(5-11)2-7(13(15)16)3-9(8)12/h2-3H,4,12H2,1H3. The predicted molar refractivity (Wildman–Crippen MR) is 57.9 cm³/mol. The van der Waals surface area contributed by atoms with Crippen molar-refractivity contribution in [3.63, 3.8) is 0 Å². The minimum absolute atomic E-state index is 0.00194. The summed E-state index contributed by atoms with van der Waals surface area (Å²) < 4.78 is 4.45. The molecule has 0 saturated carbocycles. The number of nitrogens with two attached hydrogens (primary N) is 1. The van der Waals surface area contributed by atoms with Gasteiger partial charge in [-0.05, 0) is 0 Å². The Kier molecular flexibility index (Phi) is 3.62. The van der Waals surface area contributed by atoms with Gasteiger partial charge in [0.1, 0.15) is 0 Å². The molecule has 1 aromatic rings. The van der Waals surface area contributed by atoms with Crippen molar-refractivity contribution >= 4 is 17.3 Å². The monoisotopic (exact) mass is 235 g/mol. The van der Waals surface area contributed by atoms with Gasteiger partial charge in [0.2, 0.25) is 0 Å². The number of carbonyl (C=O) groups excluding carboxylic acids is 1. The highest BCUT2D eigenvalue weighted by Crippen LogP contribution is 2.24. The molecular formula is C10H9N3O4. The topological polar surface area (TPSA) is 119 Å². The third kappa shape index (κ3) is 2.69. The van der Waals surface area contributed by atoms with Crippen molar-refractivity contribution in [3.8, 4) is 6.07 Å². The maximum absolute atomic E-state index is 11.1. The number of non-ortho nitro benzene ring substituents is 1. The number of hydrogen-bond donors (Lipinski definition) is 1. The highest BCUT2D eigenvalue weighted by Gasteiger charge is 2.17. The molecule has 0 aromatic heterocycles. The van der Waals surface area contributed by atoms with E-state index in [0.29, 0.717) is 0 Å². The van der Waals surface area contributed by atoms with Gasteiger partial charge in [-0.25, -0.2) is 0 Å². The summed E-state index contributed by atoms with van der Waals surface area (Å²) >= 11 is 0. The fourth-order valence-corrected chi connectivity index (χ4v) is 1.30. The number of nitriles is 1. The Labute approximate surface area is 96.6 Å². The molecule has 1 rings (SSSR count). The van der Waals surface area contributed by atoms with E-state index in [1.807, 2.05) is 0 Å². The smallest absolute Gasteiger partial charge is 0.310 e. The molecule has 0 amide bonds. The van der Waals surface area contributed by atoms with Crippen LogP contribution in [0.3, 0.4) is 0 Å². The Morgan fingerprint density at radius 3 is 2.76 bits per heavy atom. The number of esters is 1. The van der Waals surface area contributed by atoms with Gasteiger partial charge in [0.25, 0.3) is 5.69 Å². The first-order chi connectivity index (χ1) is 7.99. The molecular weight excluding hydrogens is 226 g/mol. The normalized spacial score (nSPS) is 9.41. The number of ether oxygens (including phenoxy) is 1. The van der Waals surface area contributed by atoms with Crippen LogP contribution in [0.2, 0.25) is 0 Å². The second kappa shape index (κ2) is 4.94. The van der Waals surface area contributed by atoms with Gasteiger partial charge in [-0.2, -0.15) is 5.26 Å². The number of rotatable bonds is 3. The molecule has 0 aliphatic rings.